The van der Waals surface area contributed by atoms with E-state index in [1.54, 1.807) is 0 Å². The van der Waals surface area contributed by atoms with Gasteiger partial charge in [0, 0.05) is 35.2 Å². The van der Waals surface area contributed by atoms with Crippen molar-refractivity contribution in [2.45, 2.75) is 89.1 Å². The maximum Gasteiger partial charge on any atom is 0.234 e. The van der Waals surface area contributed by atoms with Crippen LogP contribution in [0.4, 0.5) is 5.69 Å². The first-order chi connectivity index (χ1) is 21.3. The fourth-order valence-corrected chi connectivity index (χ4v) is 9.42. The number of fused-ring (bicyclic) bond motifs is 2. The van der Waals surface area contributed by atoms with Crippen molar-refractivity contribution in [3.05, 3.63) is 114 Å². The van der Waals surface area contributed by atoms with E-state index >= 15 is 0 Å². The first-order valence-electron chi connectivity index (χ1n) is 16.6. The van der Waals surface area contributed by atoms with Crippen LogP contribution in [0.1, 0.15) is 75.9 Å². The van der Waals surface area contributed by atoms with Crippen LogP contribution in [0.15, 0.2) is 97.1 Å². The minimum absolute atomic E-state index is 0.0273. The number of nitrogens with zero attached hydrogens (tertiary/aromatic N) is 2. The predicted octanol–water partition coefficient (Wildman–Crippen LogP) is 7.85. The molecule has 8 rings (SSSR count). The normalized spacial score (nSPS) is 37.3. The van der Waals surface area contributed by atoms with Gasteiger partial charge in [0.05, 0.1) is 24.2 Å². The smallest absolute Gasteiger partial charge is 0.234 e. The number of carbonyl (C=O) groups is 1. The van der Waals surface area contributed by atoms with E-state index in [1.807, 2.05) is 23.1 Å². The lowest BCUT2D eigenvalue weighted by molar-refractivity contribution is -0.241. The number of rotatable bonds is 5. The third-order valence-corrected chi connectivity index (χ3v) is 11.7. The van der Waals surface area contributed by atoms with E-state index in [-0.39, 0.29) is 47.8 Å². The van der Waals surface area contributed by atoms with Gasteiger partial charge in [0.15, 0.2) is 0 Å². The average Bonchev–Trinajstić information content (AvgIpc) is 3.67. The molecule has 0 unspecified atom stereocenters. The Morgan fingerprint density at radius 2 is 1.55 bits per heavy atom. The number of carbonyl (C=O) groups excluding carboxylic acids is 1. The molecule has 1 amide bonds. The largest absolute Gasteiger partial charge is 0.360 e. The fourth-order valence-electron chi connectivity index (χ4n) is 9.42. The van der Waals surface area contributed by atoms with E-state index in [0.717, 1.165) is 29.8 Å². The van der Waals surface area contributed by atoms with Gasteiger partial charge in [-0.2, -0.15) is 0 Å². The van der Waals surface area contributed by atoms with E-state index in [2.05, 4.69) is 111 Å². The molecule has 1 saturated carbocycles. The minimum atomic E-state index is -0.705. The summed E-state index contributed by atoms with van der Waals surface area (Å²) >= 11 is 0. The van der Waals surface area contributed by atoms with Gasteiger partial charge in [-0.15, -0.1) is 0 Å². The molecule has 44 heavy (non-hydrogen) atoms. The summed E-state index contributed by atoms with van der Waals surface area (Å²) in [6, 6.07) is 29.4. The summed E-state index contributed by atoms with van der Waals surface area (Å²) in [5, 5.41) is 0. The van der Waals surface area contributed by atoms with Gasteiger partial charge in [0.1, 0.15) is 11.8 Å². The zero-order valence-electron chi connectivity index (χ0n) is 26.3. The molecule has 2 bridgehead atoms. The van der Waals surface area contributed by atoms with Gasteiger partial charge in [0.2, 0.25) is 5.91 Å². The molecule has 3 aromatic carbocycles. The molecule has 5 aliphatic rings. The standard InChI is InChI=1S/C39H44N2O3/c1-25-19-20-31-33(23-25)43-37(40(38(31,3)4)24-27-13-7-5-8-14-27)30-18-12-11-17-29(30)35-39-22-21-32(44-39)26(2)34(39)36(42)41(35)28-15-9-6-10-16-28/h5-18,21-22,25-26,31-35,37H,19-20,23-24H2,1-4H3/t25-,26-,31-,32+,33-,34-,35+,37+,39-/m1/s1. The van der Waals surface area contributed by atoms with Crippen LogP contribution in [0.3, 0.4) is 0 Å². The lowest BCUT2D eigenvalue weighted by Crippen LogP contribution is -2.61. The minimum Gasteiger partial charge on any atom is -0.360 e. The van der Waals surface area contributed by atoms with Crippen molar-refractivity contribution in [3.8, 4) is 0 Å². The Morgan fingerprint density at radius 1 is 0.864 bits per heavy atom. The van der Waals surface area contributed by atoms with Crippen LogP contribution in [-0.2, 0) is 20.8 Å². The number of hydrogen-bond acceptors (Lipinski definition) is 4. The Balaban J connectivity index is 1.29. The first-order valence-corrected chi connectivity index (χ1v) is 16.6. The summed E-state index contributed by atoms with van der Waals surface area (Å²) in [5.74, 6) is 1.17. The average molecular weight is 589 g/mol. The second kappa shape index (κ2) is 10.4. The number of hydrogen-bond donors (Lipinski definition) is 0. The lowest BCUT2D eigenvalue weighted by Gasteiger charge is -2.58. The Labute approximate surface area is 261 Å². The molecule has 4 fully saturated rings. The van der Waals surface area contributed by atoms with E-state index in [9.17, 15) is 4.79 Å². The van der Waals surface area contributed by atoms with Gasteiger partial charge < -0.3 is 14.4 Å². The third kappa shape index (κ3) is 4.12. The lowest BCUT2D eigenvalue weighted by atomic mass is 9.69. The first kappa shape index (κ1) is 28.2. The van der Waals surface area contributed by atoms with Crippen LogP contribution in [0.5, 0.6) is 0 Å². The summed E-state index contributed by atoms with van der Waals surface area (Å²) in [4.78, 5) is 19.1. The van der Waals surface area contributed by atoms with Gasteiger partial charge in [0.25, 0.3) is 0 Å². The maximum absolute atomic E-state index is 14.5. The third-order valence-electron chi connectivity index (χ3n) is 11.7. The molecule has 3 aromatic rings. The Hall–Kier alpha value is -3.25. The van der Waals surface area contributed by atoms with Crippen molar-refractivity contribution in [1.82, 2.24) is 4.90 Å². The molecular formula is C39H44N2O3. The second-order valence-corrected chi connectivity index (χ2v) is 14.5. The van der Waals surface area contributed by atoms with Gasteiger partial charge in [-0.1, -0.05) is 105 Å². The highest BCUT2D eigenvalue weighted by Crippen LogP contribution is 2.62. The van der Waals surface area contributed by atoms with Crippen LogP contribution in [0, 0.1) is 23.7 Å². The molecule has 4 aliphatic heterocycles. The van der Waals surface area contributed by atoms with Crippen LogP contribution >= 0.6 is 0 Å². The van der Waals surface area contributed by atoms with Crippen molar-refractivity contribution in [1.29, 1.82) is 0 Å². The molecule has 1 aliphatic carbocycles. The molecule has 4 heterocycles. The zero-order chi connectivity index (χ0) is 30.2. The van der Waals surface area contributed by atoms with Crippen molar-refractivity contribution in [2.24, 2.45) is 23.7 Å². The molecule has 0 radical (unpaired) electrons. The number of ether oxygens (including phenoxy) is 2. The van der Waals surface area contributed by atoms with Gasteiger partial charge >= 0.3 is 0 Å². The molecular weight excluding hydrogens is 544 g/mol. The molecule has 228 valence electrons. The van der Waals surface area contributed by atoms with Crippen molar-refractivity contribution >= 4 is 11.6 Å². The predicted molar refractivity (Wildman–Crippen MR) is 173 cm³/mol. The highest BCUT2D eigenvalue weighted by Gasteiger charge is 2.69. The van der Waals surface area contributed by atoms with Gasteiger partial charge in [-0.05, 0) is 55.9 Å². The molecule has 3 saturated heterocycles. The van der Waals surface area contributed by atoms with Crippen molar-refractivity contribution in [3.63, 3.8) is 0 Å². The second-order valence-electron chi connectivity index (χ2n) is 14.5. The quantitative estimate of drug-likeness (QED) is 0.285. The maximum atomic E-state index is 14.5. The Bertz CT molecular complexity index is 1570. The van der Waals surface area contributed by atoms with Gasteiger partial charge in [-0.3, -0.25) is 9.69 Å². The van der Waals surface area contributed by atoms with E-state index in [4.69, 9.17) is 9.47 Å². The number of para-hydroxylation sites is 1. The van der Waals surface area contributed by atoms with E-state index in [1.165, 1.54) is 18.4 Å². The Morgan fingerprint density at radius 3 is 2.30 bits per heavy atom. The molecule has 9 atom stereocenters. The van der Waals surface area contributed by atoms with E-state index < -0.39 is 5.60 Å². The number of anilines is 1. The molecule has 5 heteroatoms. The van der Waals surface area contributed by atoms with Gasteiger partial charge in [-0.25, -0.2) is 0 Å². The highest BCUT2D eigenvalue weighted by atomic mass is 16.5. The molecule has 5 nitrogen and oxygen atoms in total. The van der Waals surface area contributed by atoms with E-state index in [0.29, 0.717) is 11.8 Å². The topological polar surface area (TPSA) is 42.0 Å². The Kier molecular flexibility index (Phi) is 6.68. The van der Waals surface area contributed by atoms with Crippen LogP contribution in [-0.4, -0.2) is 34.2 Å². The summed E-state index contributed by atoms with van der Waals surface area (Å²) < 4.78 is 14.2. The van der Waals surface area contributed by atoms with Crippen molar-refractivity contribution in [2.75, 3.05) is 4.90 Å². The number of benzene rings is 3. The van der Waals surface area contributed by atoms with Crippen molar-refractivity contribution < 1.29 is 14.3 Å². The summed E-state index contributed by atoms with van der Waals surface area (Å²) in [5.41, 5.74) is 3.67. The molecule has 0 N–H and O–H groups in total. The highest BCUT2D eigenvalue weighted by molar-refractivity contribution is 6.01. The van der Waals surface area contributed by atoms with Crippen LogP contribution in [0.2, 0.25) is 0 Å². The summed E-state index contributed by atoms with van der Waals surface area (Å²) in [7, 11) is 0. The van der Waals surface area contributed by atoms with Crippen LogP contribution in [0.25, 0.3) is 0 Å². The molecule has 0 aromatic heterocycles. The summed E-state index contributed by atoms with van der Waals surface area (Å²) in [6.45, 7) is 10.2. The summed E-state index contributed by atoms with van der Waals surface area (Å²) in [6.07, 6.45) is 7.82. The fraction of sp³-hybridized carbons (Fsp3) is 0.462. The number of amides is 1. The zero-order valence-corrected chi connectivity index (χ0v) is 26.3. The van der Waals surface area contributed by atoms with Crippen LogP contribution < -0.4 is 4.90 Å². The monoisotopic (exact) mass is 588 g/mol. The molecule has 1 spiro atoms. The SMILES string of the molecule is C[C@@H]1CC[C@@H]2[C@@H](C1)O[C@@H](c1ccccc1[C@@H]1N(c3ccccc3)C(=O)[C@H]3[C@H](C)[C@@H]4C=C[C@]13O4)N(Cc1ccccc1)C2(C)C.